The molecule has 0 aromatic carbocycles. The minimum Gasteiger partial charge on any atom is -0.444 e. The average Bonchev–Trinajstić information content (AvgIpc) is 3.01. The molecule has 3 aliphatic rings. The maximum atomic E-state index is 12.3. The predicted octanol–water partition coefficient (Wildman–Crippen LogP) is 1.35. The van der Waals surface area contributed by atoms with Crippen molar-refractivity contribution in [1.29, 1.82) is 0 Å². The van der Waals surface area contributed by atoms with Crippen LogP contribution in [0.4, 0.5) is 4.79 Å². The number of fused-ring (bicyclic) bond motifs is 1. The average molecular weight is 298 g/mol. The fraction of sp³-hybridized carbons (Fsp3) is 0.933. The van der Waals surface area contributed by atoms with Crippen molar-refractivity contribution in [2.24, 2.45) is 5.41 Å². The third-order valence-electron chi connectivity index (χ3n) is 4.72. The van der Waals surface area contributed by atoms with E-state index >= 15 is 0 Å². The number of hydrogen-bond acceptors (Lipinski definition) is 5. The molecule has 1 atom stereocenters. The Morgan fingerprint density at radius 3 is 2.52 bits per heavy atom. The minimum atomic E-state index is -0.661. The first kappa shape index (κ1) is 15.1. The van der Waals surface area contributed by atoms with E-state index in [0.29, 0.717) is 26.3 Å². The molecule has 6 heteroatoms. The highest BCUT2D eigenvalue weighted by molar-refractivity contribution is 5.68. The van der Waals surface area contributed by atoms with Gasteiger partial charge in [-0.25, -0.2) is 4.79 Å². The molecule has 0 saturated carbocycles. The topological polar surface area (TPSA) is 60.0 Å². The molecule has 0 bridgehead atoms. The number of amides is 1. The van der Waals surface area contributed by atoms with Gasteiger partial charge in [0.05, 0.1) is 19.8 Å². The van der Waals surface area contributed by atoms with Crippen molar-refractivity contribution in [1.82, 2.24) is 10.2 Å². The van der Waals surface area contributed by atoms with Crippen LogP contribution in [0.2, 0.25) is 0 Å². The van der Waals surface area contributed by atoms with Crippen LogP contribution >= 0.6 is 0 Å². The van der Waals surface area contributed by atoms with Crippen LogP contribution in [0.1, 0.15) is 33.6 Å². The molecular formula is C15H26N2O4. The van der Waals surface area contributed by atoms with Gasteiger partial charge in [-0.05, 0) is 40.2 Å². The Bertz CT molecular complexity index is 406. The van der Waals surface area contributed by atoms with E-state index in [1.807, 2.05) is 20.8 Å². The lowest BCUT2D eigenvalue weighted by molar-refractivity contribution is -0.257. The molecule has 2 spiro atoms. The SMILES string of the molecule is CC(C)(C)OC(=O)N1CCC2(CCNC2)C2(C1)OCCO2. The highest BCUT2D eigenvalue weighted by atomic mass is 16.7. The van der Waals surface area contributed by atoms with Gasteiger partial charge in [0.25, 0.3) is 0 Å². The summed E-state index contributed by atoms with van der Waals surface area (Å²) in [7, 11) is 0. The van der Waals surface area contributed by atoms with Crippen LogP contribution < -0.4 is 5.32 Å². The summed E-state index contributed by atoms with van der Waals surface area (Å²) in [4.78, 5) is 14.1. The van der Waals surface area contributed by atoms with Crippen LogP contribution in [-0.4, -0.2) is 61.8 Å². The maximum Gasteiger partial charge on any atom is 0.410 e. The molecule has 3 aliphatic heterocycles. The van der Waals surface area contributed by atoms with E-state index in [2.05, 4.69) is 5.32 Å². The predicted molar refractivity (Wildman–Crippen MR) is 77.0 cm³/mol. The molecule has 3 rings (SSSR count). The standard InChI is InChI=1S/C15H26N2O4/c1-13(2,3)21-12(18)17-7-5-14(4-6-16-10-14)15(11-17)19-8-9-20-15/h16H,4-11H2,1-3H3. The number of carbonyl (C=O) groups excluding carboxylic acids is 1. The minimum absolute atomic E-state index is 0.0119. The maximum absolute atomic E-state index is 12.3. The lowest BCUT2D eigenvalue weighted by atomic mass is 9.72. The molecule has 21 heavy (non-hydrogen) atoms. The summed E-state index contributed by atoms with van der Waals surface area (Å²) >= 11 is 0. The molecule has 1 amide bonds. The first-order valence-corrected chi connectivity index (χ1v) is 7.83. The number of hydrogen-bond donors (Lipinski definition) is 1. The van der Waals surface area contributed by atoms with Crippen molar-refractivity contribution < 1.29 is 19.0 Å². The Balaban J connectivity index is 1.76. The van der Waals surface area contributed by atoms with Gasteiger partial charge in [0, 0.05) is 18.5 Å². The largest absolute Gasteiger partial charge is 0.444 e. The molecule has 1 unspecified atom stereocenters. The Hall–Kier alpha value is -0.850. The van der Waals surface area contributed by atoms with Gasteiger partial charge < -0.3 is 24.4 Å². The Morgan fingerprint density at radius 1 is 1.24 bits per heavy atom. The Kier molecular flexibility index (Phi) is 3.66. The van der Waals surface area contributed by atoms with Crippen LogP contribution in [-0.2, 0) is 14.2 Å². The number of nitrogens with zero attached hydrogens (tertiary/aromatic N) is 1. The van der Waals surface area contributed by atoms with Gasteiger partial charge in [-0.2, -0.15) is 0 Å². The summed E-state index contributed by atoms with van der Waals surface area (Å²) in [6.07, 6.45) is 1.65. The first-order valence-electron chi connectivity index (χ1n) is 7.83. The highest BCUT2D eigenvalue weighted by Gasteiger charge is 2.60. The molecule has 0 aromatic heterocycles. The van der Waals surface area contributed by atoms with Crippen molar-refractivity contribution in [2.45, 2.75) is 45.0 Å². The zero-order chi connectivity index (χ0) is 15.1. The molecular weight excluding hydrogens is 272 g/mol. The second kappa shape index (κ2) is 5.11. The number of rotatable bonds is 0. The molecule has 0 radical (unpaired) electrons. The highest BCUT2D eigenvalue weighted by Crippen LogP contribution is 2.49. The summed E-state index contributed by atoms with van der Waals surface area (Å²) in [5.74, 6) is -0.661. The summed E-state index contributed by atoms with van der Waals surface area (Å²) < 4.78 is 17.5. The van der Waals surface area contributed by atoms with Crippen molar-refractivity contribution in [3.8, 4) is 0 Å². The summed E-state index contributed by atoms with van der Waals surface area (Å²) in [6.45, 7) is 9.90. The molecule has 0 aromatic rings. The van der Waals surface area contributed by atoms with Gasteiger partial charge in [0.2, 0.25) is 0 Å². The molecule has 3 heterocycles. The third kappa shape index (κ3) is 2.64. The van der Waals surface area contributed by atoms with Crippen LogP contribution in [0.15, 0.2) is 0 Å². The van der Waals surface area contributed by atoms with Crippen molar-refractivity contribution in [3.05, 3.63) is 0 Å². The Labute approximate surface area is 126 Å². The molecule has 120 valence electrons. The molecule has 0 aliphatic carbocycles. The van der Waals surface area contributed by atoms with Gasteiger partial charge in [-0.3, -0.25) is 0 Å². The van der Waals surface area contributed by atoms with Gasteiger partial charge in [-0.15, -0.1) is 0 Å². The third-order valence-corrected chi connectivity index (χ3v) is 4.72. The molecule has 3 saturated heterocycles. The van der Waals surface area contributed by atoms with E-state index in [1.54, 1.807) is 4.90 Å². The quantitative estimate of drug-likeness (QED) is 0.731. The zero-order valence-electron chi connectivity index (χ0n) is 13.2. The van der Waals surface area contributed by atoms with E-state index in [0.717, 1.165) is 25.9 Å². The normalized spacial score (nSPS) is 32.0. The zero-order valence-corrected chi connectivity index (χ0v) is 13.2. The lowest BCUT2D eigenvalue weighted by Crippen LogP contribution is -2.63. The fourth-order valence-electron chi connectivity index (χ4n) is 3.65. The summed E-state index contributed by atoms with van der Waals surface area (Å²) in [6, 6.07) is 0. The van der Waals surface area contributed by atoms with Gasteiger partial charge >= 0.3 is 6.09 Å². The van der Waals surface area contributed by atoms with Crippen LogP contribution in [0.3, 0.4) is 0 Å². The second-order valence-corrected chi connectivity index (χ2v) is 7.31. The van der Waals surface area contributed by atoms with E-state index in [4.69, 9.17) is 14.2 Å². The summed E-state index contributed by atoms with van der Waals surface area (Å²) in [5.41, 5.74) is -0.492. The number of ether oxygens (including phenoxy) is 3. The second-order valence-electron chi connectivity index (χ2n) is 7.31. The van der Waals surface area contributed by atoms with E-state index in [1.165, 1.54) is 0 Å². The van der Waals surface area contributed by atoms with Crippen molar-refractivity contribution in [2.75, 3.05) is 39.4 Å². The fourth-order valence-corrected chi connectivity index (χ4v) is 3.65. The Morgan fingerprint density at radius 2 is 1.95 bits per heavy atom. The van der Waals surface area contributed by atoms with Crippen molar-refractivity contribution >= 4 is 6.09 Å². The van der Waals surface area contributed by atoms with Crippen LogP contribution in [0.25, 0.3) is 0 Å². The first-order chi connectivity index (χ1) is 9.86. The number of likely N-dealkylation sites (tertiary alicyclic amines) is 1. The number of piperidine rings is 1. The van der Waals surface area contributed by atoms with Crippen LogP contribution in [0, 0.1) is 5.41 Å². The molecule has 6 nitrogen and oxygen atoms in total. The molecule has 3 fully saturated rings. The number of nitrogens with one attached hydrogen (secondary N) is 1. The van der Waals surface area contributed by atoms with Crippen molar-refractivity contribution in [3.63, 3.8) is 0 Å². The monoisotopic (exact) mass is 298 g/mol. The van der Waals surface area contributed by atoms with Crippen LogP contribution in [0.5, 0.6) is 0 Å². The smallest absolute Gasteiger partial charge is 0.410 e. The number of carbonyl (C=O) groups is 1. The van der Waals surface area contributed by atoms with Gasteiger partial charge in [0.1, 0.15) is 5.60 Å². The lowest BCUT2D eigenvalue weighted by Gasteiger charge is -2.50. The molecule has 1 N–H and O–H groups in total. The van der Waals surface area contributed by atoms with E-state index < -0.39 is 11.4 Å². The van der Waals surface area contributed by atoms with E-state index in [9.17, 15) is 4.79 Å². The van der Waals surface area contributed by atoms with Gasteiger partial charge in [0.15, 0.2) is 5.79 Å². The summed E-state index contributed by atoms with van der Waals surface area (Å²) in [5, 5.41) is 3.42. The van der Waals surface area contributed by atoms with Gasteiger partial charge in [-0.1, -0.05) is 0 Å². The van der Waals surface area contributed by atoms with E-state index in [-0.39, 0.29) is 11.5 Å².